The largest absolute Gasteiger partial charge is 0.352 e. The lowest BCUT2D eigenvalue weighted by atomic mass is 10.1. The van der Waals surface area contributed by atoms with Gasteiger partial charge in [-0.15, -0.1) is 0 Å². The minimum Gasteiger partial charge on any atom is -0.352 e. The maximum atomic E-state index is 14.2. The Hall–Kier alpha value is -3.07. The first kappa shape index (κ1) is 30.9. The maximum absolute atomic E-state index is 14.2. The number of sulfonamides is 1. The van der Waals surface area contributed by atoms with Crippen molar-refractivity contribution in [3.63, 3.8) is 0 Å². The normalized spacial score (nSPS) is 14.4. The molecule has 3 aromatic carbocycles. The number of aryl methyl sites for hydroxylation is 1. The third kappa shape index (κ3) is 7.61. The van der Waals surface area contributed by atoms with Gasteiger partial charge in [-0.25, -0.2) is 8.42 Å². The molecule has 3 aromatic rings. The molecule has 218 valence electrons. The summed E-state index contributed by atoms with van der Waals surface area (Å²) in [5, 5.41) is 3.89. The molecule has 2 amide bonds. The van der Waals surface area contributed by atoms with E-state index in [9.17, 15) is 18.0 Å². The first-order chi connectivity index (χ1) is 19.6. The van der Waals surface area contributed by atoms with Gasteiger partial charge in [0.1, 0.15) is 12.6 Å². The number of benzene rings is 3. The molecule has 41 heavy (non-hydrogen) atoms. The number of hydrogen-bond donors (Lipinski definition) is 1. The molecule has 0 heterocycles. The van der Waals surface area contributed by atoms with E-state index in [1.165, 1.54) is 23.1 Å². The number of anilines is 1. The Morgan fingerprint density at radius 2 is 1.66 bits per heavy atom. The fourth-order valence-corrected chi connectivity index (χ4v) is 6.88. The summed E-state index contributed by atoms with van der Waals surface area (Å²) in [5.41, 5.74) is 1.80. The fourth-order valence-electron chi connectivity index (χ4n) is 5.09. The molecule has 0 bridgehead atoms. The summed E-state index contributed by atoms with van der Waals surface area (Å²) in [6.45, 7) is 3.21. The molecule has 10 heteroatoms. The lowest BCUT2D eigenvalue weighted by Crippen LogP contribution is -2.53. The molecule has 0 spiro atoms. The van der Waals surface area contributed by atoms with Crippen LogP contribution in [0.25, 0.3) is 0 Å². The molecule has 1 fully saturated rings. The van der Waals surface area contributed by atoms with Crippen LogP contribution in [-0.2, 0) is 26.2 Å². The zero-order valence-electron chi connectivity index (χ0n) is 23.2. The van der Waals surface area contributed by atoms with Crippen LogP contribution in [0.5, 0.6) is 0 Å². The average Bonchev–Trinajstić information content (AvgIpc) is 3.45. The molecule has 7 nitrogen and oxygen atoms in total. The van der Waals surface area contributed by atoms with Gasteiger partial charge >= 0.3 is 0 Å². The van der Waals surface area contributed by atoms with Gasteiger partial charge in [-0.3, -0.25) is 13.9 Å². The van der Waals surface area contributed by atoms with Crippen LogP contribution in [0.2, 0.25) is 10.0 Å². The standard InChI is InChI=1S/C31H35Cl2N3O4S/c1-3-29(31(38)34-25-11-5-6-12-25)35(20-23-9-4-7-14-28(23)33)30(37)21-36(26-13-8-10-24(32)19-26)41(39,40)27-17-15-22(2)16-18-27/h4,7-10,13-19,25,29H,3,5-6,11-12,20-21H2,1-2H3,(H,34,38)/t29-/m1/s1. The first-order valence-electron chi connectivity index (χ1n) is 13.8. The van der Waals surface area contributed by atoms with Gasteiger partial charge in [0.15, 0.2) is 0 Å². The van der Waals surface area contributed by atoms with Crippen LogP contribution in [0, 0.1) is 6.92 Å². The average molecular weight is 617 g/mol. The van der Waals surface area contributed by atoms with Gasteiger partial charge in [0, 0.05) is 22.6 Å². The molecule has 0 aromatic heterocycles. The Kier molecular flexibility index (Phi) is 10.3. The van der Waals surface area contributed by atoms with Crippen molar-refractivity contribution in [3.8, 4) is 0 Å². The Labute approximate surface area is 252 Å². The lowest BCUT2D eigenvalue weighted by molar-refractivity contribution is -0.140. The van der Waals surface area contributed by atoms with E-state index in [0.29, 0.717) is 22.0 Å². The van der Waals surface area contributed by atoms with Gasteiger partial charge < -0.3 is 10.2 Å². The lowest BCUT2D eigenvalue weighted by Gasteiger charge is -2.34. The van der Waals surface area contributed by atoms with E-state index in [1.54, 1.807) is 48.5 Å². The molecule has 4 rings (SSSR count). The molecular formula is C31H35Cl2N3O4S. The summed E-state index contributed by atoms with van der Waals surface area (Å²) >= 11 is 12.7. The van der Waals surface area contributed by atoms with E-state index in [2.05, 4.69) is 5.32 Å². The highest BCUT2D eigenvalue weighted by Gasteiger charge is 2.34. The number of halogens is 2. The van der Waals surface area contributed by atoms with Crippen molar-refractivity contribution >= 4 is 50.7 Å². The molecule has 1 aliphatic rings. The second kappa shape index (κ2) is 13.7. The van der Waals surface area contributed by atoms with E-state index < -0.39 is 28.5 Å². The zero-order chi connectivity index (χ0) is 29.6. The highest BCUT2D eigenvalue weighted by Crippen LogP contribution is 2.28. The number of carbonyl (C=O) groups is 2. The molecular weight excluding hydrogens is 581 g/mol. The van der Waals surface area contributed by atoms with E-state index in [4.69, 9.17) is 23.2 Å². The molecule has 0 aliphatic heterocycles. The van der Waals surface area contributed by atoms with Crippen LogP contribution in [0.1, 0.15) is 50.2 Å². The number of hydrogen-bond acceptors (Lipinski definition) is 4. The third-order valence-corrected chi connectivity index (χ3v) is 9.76. The topological polar surface area (TPSA) is 86.8 Å². The molecule has 1 saturated carbocycles. The predicted octanol–water partition coefficient (Wildman–Crippen LogP) is 6.36. The quantitative estimate of drug-likeness (QED) is 0.272. The molecule has 1 atom stereocenters. The highest BCUT2D eigenvalue weighted by molar-refractivity contribution is 7.92. The maximum Gasteiger partial charge on any atom is 0.264 e. The Balaban J connectivity index is 1.72. The van der Waals surface area contributed by atoms with Crippen LogP contribution >= 0.6 is 23.2 Å². The van der Waals surface area contributed by atoms with E-state index >= 15 is 0 Å². The second-order valence-corrected chi connectivity index (χ2v) is 13.0. The molecule has 1 N–H and O–H groups in total. The van der Waals surface area contributed by atoms with Crippen molar-refractivity contribution in [1.82, 2.24) is 10.2 Å². The number of nitrogens with zero attached hydrogens (tertiary/aromatic N) is 2. The van der Waals surface area contributed by atoms with Gasteiger partial charge in [0.25, 0.3) is 10.0 Å². The summed E-state index contributed by atoms with van der Waals surface area (Å²) < 4.78 is 28.9. The second-order valence-electron chi connectivity index (χ2n) is 10.3. The molecule has 0 radical (unpaired) electrons. The van der Waals surface area contributed by atoms with Crippen LogP contribution in [0.15, 0.2) is 77.7 Å². The highest BCUT2D eigenvalue weighted by atomic mass is 35.5. The molecule has 0 saturated heterocycles. The summed E-state index contributed by atoms with van der Waals surface area (Å²) in [5.74, 6) is -0.787. The van der Waals surface area contributed by atoms with Crippen molar-refractivity contribution in [2.45, 2.75) is 69.5 Å². The number of rotatable bonds is 11. The van der Waals surface area contributed by atoms with Crippen molar-refractivity contribution in [1.29, 1.82) is 0 Å². The van der Waals surface area contributed by atoms with Crippen LogP contribution in [0.3, 0.4) is 0 Å². The van der Waals surface area contributed by atoms with Crippen molar-refractivity contribution in [2.24, 2.45) is 0 Å². The molecule has 0 unspecified atom stereocenters. The monoisotopic (exact) mass is 615 g/mol. The summed E-state index contributed by atoms with van der Waals surface area (Å²) in [6.07, 6.45) is 4.25. The fraction of sp³-hybridized carbons (Fsp3) is 0.355. The number of nitrogens with one attached hydrogen (secondary N) is 1. The van der Waals surface area contributed by atoms with Crippen LogP contribution in [-0.4, -0.2) is 43.8 Å². The Bertz CT molecular complexity index is 1470. The smallest absolute Gasteiger partial charge is 0.264 e. The van der Waals surface area contributed by atoms with Gasteiger partial charge in [-0.2, -0.15) is 0 Å². The Morgan fingerprint density at radius 1 is 0.976 bits per heavy atom. The van der Waals surface area contributed by atoms with E-state index in [-0.39, 0.29) is 29.1 Å². The van der Waals surface area contributed by atoms with Crippen molar-refractivity contribution in [3.05, 3.63) is 94.0 Å². The predicted molar refractivity (Wildman–Crippen MR) is 164 cm³/mol. The van der Waals surface area contributed by atoms with Crippen molar-refractivity contribution < 1.29 is 18.0 Å². The van der Waals surface area contributed by atoms with Gasteiger partial charge in [-0.05, 0) is 68.1 Å². The minimum atomic E-state index is -4.17. The summed E-state index contributed by atoms with van der Waals surface area (Å²) in [4.78, 5) is 29.2. The van der Waals surface area contributed by atoms with E-state index in [0.717, 1.165) is 35.6 Å². The van der Waals surface area contributed by atoms with Gasteiger partial charge in [0.05, 0.1) is 10.6 Å². The third-order valence-electron chi connectivity index (χ3n) is 7.37. The van der Waals surface area contributed by atoms with Gasteiger partial charge in [0.2, 0.25) is 11.8 Å². The van der Waals surface area contributed by atoms with Gasteiger partial charge in [-0.1, -0.05) is 84.9 Å². The van der Waals surface area contributed by atoms with Crippen molar-refractivity contribution in [2.75, 3.05) is 10.8 Å². The SMILES string of the molecule is CC[C@H](C(=O)NC1CCCC1)N(Cc1ccccc1Cl)C(=O)CN(c1cccc(Cl)c1)S(=O)(=O)c1ccc(C)cc1. The first-order valence-corrected chi connectivity index (χ1v) is 16.0. The summed E-state index contributed by atoms with van der Waals surface area (Å²) in [6, 6.07) is 19.2. The number of amides is 2. The summed E-state index contributed by atoms with van der Waals surface area (Å²) in [7, 11) is -4.17. The van der Waals surface area contributed by atoms with E-state index in [1.807, 2.05) is 19.9 Å². The van der Waals surface area contributed by atoms with Crippen LogP contribution < -0.4 is 9.62 Å². The minimum absolute atomic E-state index is 0.0412. The number of carbonyl (C=O) groups excluding carboxylic acids is 2. The zero-order valence-corrected chi connectivity index (χ0v) is 25.6. The Morgan fingerprint density at radius 3 is 2.29 bits per heavy atom. The van der Waals surface area contributed by atoms with Crippen LogP contribution in [0.4, 0.5) is 5.69 Å². The molecule has 1 aliphatic carbocycles.